The summed E-state index contributed by atoms with van der Waals surface area (Å²) < 4.78 is 42.9. The molecule has 3 heterocycles. The predicted molar refractivity (Wildman–Crippen MR) is 89.2 cm³/mol. The van der Waals surface area contributed by atoms with Crippen LogP contribution in [0.4, 0.5) is 19.1 Å². The summed E-state index contributed by atoms with van der Waals surface area (Å²) in [6.45, 7) is 4.02. The van der Waals surface area contributed by atoms with Gasteiger partial charge < -0.3 is 5.32 Å². The lowest BCUT2D eigenvalue weighted by Crippen LogP contribution is -2.13. The van der Waals surface area contributed by atoms with Crippen LogP contribution in [-0.4, -0.2) is 29.5 Å². The molecule has 0 radical (unpaired) electrons. The molecule has 26 heavy (non-hydrogen) atoms. The summed E-state index contributed by atoms with van der Waals surface area (Å²) in [6, 6.07) is 0.919. The van der Waals surface area contributed by atoms with E-state index in [2.05, 4.69) is 25.5 Å². The van der Waals surface area contributed by atoms with Gasteiger partial charge in [-0.1, -0.05) is 0 Å². The predicted octanol–water partition coefficient (Wildman–Crippen LogP) is 2.86. The van der Waals surface area contributed by atoms with Crippen LogP contribution in [0.2, 0.25) is 0 Å². The lowest BCUT2D eigenvalue weighted by atomic mass is 10.2. The lowest BCUT2D eigenvalue weighted by Gasteiger charge is -2.11. The fourth-order valence-electron chi connectivity index (χ4n) is 2.61. The van der Waals surface area contributed by atoms with Crippen LogP contribution in [0.3, 0.4) is 0 Å². The van der Waals surface area contributed by atoms with Crippen molar-refractivity contribution in [3.63, 3.8) is 0 Å². The lowest BCUT2D eigenvalue weighted by molar-refractivity contribution is -0.141. The average molecular weight is 365 g/mol. The average Bonchev–Trinajstić information content (AvgIpc) is 3.09. The van der Waals surface area contributed by atoms with E-state index >= 15 is 0 Å². The molecule has 7 nitrogen and oxygen atoms in total. The Hall–Kier alpha value is -2.91. The molecule has 3 rings (SSSR count). The van der Waals surface area contributed by atoms with E-state index in [4.69, 9.17) is 0 Å². The molecule has 10 heteroatoms. The fraction of sp³-hybridized carbons (Fsp3) is 0.375. The zero-order chi connectivity index (χ0) is 19.1. The summed E-state index contributed by atoms with van der Waals surface area (Å²) in [5, 5.41) is 11.2. The Bertz CT molecular complexity index is 940. The molecule has 0 aliphatic heterocycles. The van der Waals surface area contributed by atoms with E-state index in [0.29, 0.717) is 5.56 Å². The molecule has 3 aromatic rings. The Morgan fingerprint density at radius 2 is 1.88 bits per heavy atom. The van der Waals surface area contributed by atoms with E-state index < -0.39 is 11.9 Å². The van der Waals surface area contributed by atoms with Crippen molar-refractivity contribution in [1.82, 2.24) is 29.5 Å². The van der Waals surface area contributed by atoms with Gasteiger partial charge in [-0.05, 0) is 19.9 Å². The maximum absolute atomic E-state index is 13.2. The van der Waals surface area contributed by atoms with E-state index in [-0.39, 0.29) is 18.2 Å². The third kappa shape index (κ3) is 3.53. The molecule has 0 atom stereocenters. The molecule has 0 unspecified atom stereocenters. The van der Waals surface area contributed by atoms with Crippen molar-refractivity contribution < 1.29 is 13.2 Å². The van der Waals surface area contributed by atoms with Crippen LogP contribution in [0.15, 0.2) is 18.5 Å². The highest BCUT2D eigenvalue weighted by molar-refractivity contribution is 5.59. The van der Waals surface area contributed by atoms with Crippen molar-refractivity contribution in [2.45, 2.75) is 26.6 Å². The first-order valence-electron chi connectivity index (χ1n) is 7.83. The monoisotopic (exact) mass is 365 g/mol. The summed E-state index contributed by atoms with van der Waals surface area (Å²) >= 11 is 0. The molecule has 0 aliphatic rings. The van der Waals surface area contributed by atoms with Crippen molar-refractivity contribution >= 4 is 5.95 Å². The Labute approximate surface area is 147 Å². The van der Waals surface area contributed by atoms with Crippen LogP contribution >= 0.6 is 0 Å². The first-order valence-corrected chi connectivity index (χ1v) is 7.83. The maximum Gasteiger partial charge on any atom is 0.433 e. The third-order valence-electron chi connectivity index (χ3n) is 4.10. The molecule has 0 saturated heterocycles. The Kier molecular flexibility index (Phi) is 4.43. The van der Waals surface area contributed by atoms with Gasteiger partial charge in [0.25, 0.3) is 0 Å². The van der Waals surface area contributed by atoms with Crippen LogP contribution in [0.1, 0.15) is 22.6 Å². The van der Waals surface area contributed by atoms with Crippen molar-refractivity contribution in [3.05, 3.63) is 41.1 Å². The van der Waals surface area contributed by atoms with Gasteiger partial charge in [0, 0.05) is 43.7 Å². The van der Waals surface area contributed by atoms with Crippen LogP contribution in [0, 0.1) is 13.8 Å². The molecule has 0 spiro atoms. The van der Waals surface area contributed by atoms with Gasteiger partial charge in [-0.2, -0.15) is 23.4 Å². The first kappa shape index (κ1) is 17.9. The molecule has 0 amide bonds. The highest BCUT2D eigenvalue weighted by Gasteiger charge is 2.34. The molecular weight excluding hydrogens is 347 g/mol. The van der Waals surface area contributed by atoms with Gasteiger partial charge in [-0.15, -0.1) is 0 Å². The minimum Gasteiger partial charge on any atom is -0.350 e. The number of alkyl halides is 3. The van der Waals surface area contributed by atoms with Gasteiger partial charge in [-0.3, -0.25) is 9.36 Å². The summed E-state index contributed by atoms with van der Waals surface area (Å²) in [7, 11) is 3.50. The highest BCUT2D eigenvalue weighted by atomic mass is 19.4. The van der Waals surface area contributed by atoms with Crippen LogP contribution in [0.25, 0.3) is 11.3 Å². The van der Waals surface area contributed by atoms with Crippen molar-refractivity contribution in [2.75, 3.05) is 5.32 Å². The number of aromatic nitrogens is 6. The second-order valence-electron chi connectivity index (χ2n) is 5.99. The minimum absolute atomic E-state index is 0.0960. The van der Waals surface area contributed by atoms with E-state index in [9.17, 15) is 13.2 Å². The van der Waals surface area contributed by atoms with E-state index in [1.807, 2.05) is 20.9 Å². The smallest absolute Gasteiger partial charge is 0.350 e. The molecule has 138 valence electrons. The van der Waals surface area contributed by atoms with Gasteiger partial charge >= 0.3 is 6.18 Å². The third-order valence-corrected chi connectivity index (χ3v) is 4.10. The number of aryl methyl sites for hydroxylation is 3. The largest absolute Gasteiger partial charge is 0.433 e. The fourth-order valence-corrected chi connectivity index (χ4v) is 2.61. The van der Waals surface area contributed by atoms with Gasteiger partial charge in [-0.25, -0.2) is 9.97 Å². The van der Waals surface area contributed by atoms with Gasteiger partial charge in [0.1, 0.15) is 0 Å². The van der Waals surface area contributed by atoms with Gasteiger partial charge in [0.05, 0.1) is 17.6 Å². The second kappa shape index (κ2) is 6.43. The number of rotatable bonds is 4. The highest BCUT2D eigenvalue weighted by Crippen LogP contribution is 2.31. The van der Waals surface area contributed by atoms with Crippen LogP contribution in [-0.2, 0) is 26.8 Å². The van der Waals surface area contributed by atoms with E-state index in [1.54, 1.807) is 17.9 Å². The summed E-state index contributed by atoms with van der Waals surface area (Å²) in [6.07, 6.45) is -1.51. The summed E-state index contributed by atoms with van der Waals surface area (Å²) in [5.74, 6) is -0.0960. The number of hydrogen-bond acceptors (Lipinski definition) is 5. The van der Waals surface area contributed by atoms with Crippen molar-refractivity contribution in [2.24, 2.45) is 14.1 Å². The zero-order valence-corrected chi connectivity index (χ0v) is 14.8. The number of anilines is 1. The molecule has 0 aliphatic carbocycles. The minimum atomic E-state index is -4.57. The topological polar surface area (TPSA) is 73.5 Å². The molecule has 1 N–H and O–H groups in total. The molecule has 0 fully saturated rings. The Balaban J connectivity index is 1.95. The van der Waals surface area contributed by atoms with Crippen molar-refractivity contribution in [3.8, 4) is 11.3 Å². The Morgan fingerprint density at radius 1 is 1.15 bits per heavy atom. The molecule has 0 saturated carbocycles. The zero-order valence-electron chi connectivity index (χ0n) is 14.8. The number of nitrogens with zero attached hydrogens (tertiary/aromatic N) is 6. The summed E-state index contributed by atoms with van der Waals surface area (Å²) in [4.78, 5) is 7.83. The number of halogens is 3. The van der Waals surface area contributed by atoms with Crippen LogP contribution in [0.5, 0.6) is 0 Å². The molecular formula is C16H18F3N7. The number of nitrogens with one attached hydrogen (secondary N) is 1. The Morgan fingerprint density at radius 3 is 2.42 bits per heavy atom. The van der Waals surface area contributed by atoms with Gasteiger partial charge in [0.2, 0.25) is 5.95 Å². The first-order chi connectivity index (χ1) is 12.1. The molecule has 0 bridgehead atoms. The molecule has 0 aromatic carbocycles. The van der Waals surface area contributed by atoms with Crippen LogP contribution < -0.4 is 5.32 Å². The number of hydrogen-bond donors (Lipinski definition) is 1. The van der Waals surface area contributed by atoms with Crippen molar-refractivity contribution in [1.29, 1.82) is 0 Å². The normalized spacial score (nSPS) is 11.8. The molecule has 3 aromatic heterocycles. The van der Waals surface area contributed by atoms with E-state index in [1.165, 1.54) is 10.9 Å². The van der Waals surface area contributed by atoms with Gasteiger partial charge in [0.15, 0.2) is 5.69 Å². The SMILES string of the molecule is Cc1nn(C)c(C)c1CNc1nc(-c2cnn(C)c2)cc(C(F)(F)F)n1. The maximum atomic E-state index is 13.2. The standard InChI is InChI=1S/C16H18F3N7/c1-9-12(10(2)26(4)24-9)7-20-15-22-13(11-6-21-25(3)8-11)5-14(23-15)16(17,18)19/h5-6,8H,7H2,1-4H3,(H,20,22,23). The second-order valence-corrected chi connectivity index (χ2v) is 5.99. The quantitative estimate of drug-likeness (QED) is 0.770. The van der Waals surface area contributed by atoms with E-state index in [0.717, 1.165) is 23.0 Å². The summed E-state index contributed by atoms with van der Waals surface area (Å²) in [5.41, 5.74) is 2.26.